The summed E-state index contributed by atoms with van der Waals surface area (Å²) in [7, 11) is 7.37. The van der Waals surface area contributed by atoms with E-state index in [2.05, 4.69) is 20.0 Å². The van der Waals surface area contributed by atoms with Crippen LogP contribution in [0.15, 0.2) is 36.4 Å². The zero-order valence-corrected chi connectivity index (χ0v) is 19.2. The zero-order chi connectivity index (χ0) is 22.8. The number of carbonyl (C=O) groups excluding carboxylic acids is 1. The van der Waals surface area contributed by atoms with E-state index in [1.165, 1.54) is 0 Å². The lowest BCUT2D eigenvalue weighted by Gasteiger charge is -2.35. The lowest BCUT2D eigenvalue weighted by Crippen LogP contribution is -2.49. The molecule has 32 heavy (non-hydrogen) atoms. The number of hydrogen-bond donors (Lipinski definition) is 0. The van der Waals surface area contributed by atoms with E-state index in [1.54, 1.807) is 18.8 Å². The van der Waals surface area contributed by atoms with Gasteiger partial charge in [0.2, 0.25) is 5.95 Å². The molecule has 0 aliphatic carbocycles. The molecule has 1 amide bonds. The van der Waals surface area contributed by atoms with Crippen LogP contribution in [-0.4, -0.2) is 77.9 Å². The van der Waals surface area contributed by atoms with Crippen LogP contribution in [0.25, 0.3) is 11.3 Å². The van der Waals surface area contributed by atoms with Gasteiger partial charge < -0.3 is 19.4 Å². The molecular weight excluding hydrogens is 406 g/mol. The molecule has 1 aliphatic heterocycles. The molecule has 168 valence electrons. The summed E-state index contributed by atoms with van der Waals surface area (Å²) >= 11 is 0. The van der Waals surface area contributed by atoms with Gasteiger partial charge in [0.15, 0.2) is 0 Å². The number of anilines is 2. The van der Waals surface area contributed by atoms with E-state index < -0.39 is 0 Å². The van der Waals surface area contributed by atoms with Crippen molar-refractivity contribution in [1.82, 2.24) is 24.6 Å². The highest BCUT2D eigenvalue weighted by atomic mass is 16.5. The van der Waals surface area contributed by atoms with E-state index in [0.29, 0.717) is 37.8 Å². The first-order valence-electron chi connectivity index (χ1n) is 10.6. The van der Waals surface area contributed by atoms with Crippen molar-refractivity contribution < 1.29 is 9.53 Å². The maximum absolute atomic E-state index is 13.2. The molecule has 9 heteroatoms. The first kappa shape index (κ1) is 21.6. The summed E-state index contributed by atoms with van der Waals surface area (Å²) < 4.78 is 6.95. The SMILES string of the molecule is COc1cccc(-c2cc(C(=O)N3CCN(c4nc(C)cc(N(C)C)n4)CC3)n(C)n2)c1. The van der Waals surface area contributed by atoms with Crippen LogP contribution >= 0.6 is 0 Å². The van der Waals surface area contributed by atoms with Crippen molar-refractivity contribution in [1.29, 1.82) is 0 Å². The smallest absolute Gasteiger partial charge is 0.272 e. The molecule has 0 unspecified atom stereocenters. The van der Waals surface area contributed by atoms with E-state index in [4.69, 9.17) is 4.74 Å². The van der Waals surface area contributed by atoms with Crippen LogP contribution in [0, 0.1) is 6.92 Å². The summed E-state index contributed by atoms with van der Waals surface area (Å²) in [5.41, 5.74) is 3.16. The molecule has 4 rings (SSSR count). The summed E-state index contributed by atoms with van der Waals surface area (Å²) in [4.78, 5) is 28.4. The van der Waals surface area contributed by atoms with Gasteiger partial charge in [-0.05, 0) is 25.1 Å². The second-order valence-electron chi connectivity index (χ2n) is 8.11. The van der Waals surface area contributed by atoms with Gasteiger partial charge in [-0.25, -0.2) is 4.98 Å². The number of nitrogens with zero attached hydrogens (tertiary/aromatic N) is 7. The van der Waals surface area contributed by atoms with Gasteiger partial charge in [-0.1, -0.05) is 12.1 Å². The number of carbonyl (C=O) groups is 1. The number of amides is 1. The maximum Gasteiger partial charge on any atom is 0.272 e. The molecule has 0 saturated carbocycles. The predicted octanol–water partition coefficient (Wildman–Crippen LogP) is 2.22. The fourth-order valence-electron chi connectivity index (χ4n) is 3.77. The van der Waals surface area contributed by atoms with Crippen molar-refractivity contribution in [2.24, 2.45) is 7.05 Å². The van der Waals surface area contributed by atoms with Crippen LogP contribution in [0.4, 0.5) is 11.8 Å². The third-order valence-corrected chi connectivity index (χ3v) is 5.60. The van der Waals surface area contributed by atoms with Crippen LogP contribution in [-0.2, 0) is 7.05 Å². The summed E-state index contributed by atoms with van der Waals surface area (Å²) in [6, 6.07) is 11.5. The number of rotatable bonds is 5. The topological polar surface area (TPSA) is 79.6 Å². The Morgan fingerprint density at radius 2 is 1.81 bits per heavy atom. The number of benzene rings is 1. The first-order chi connectivity index (χ1) is 15.4. The van der Waals surface area contributed by atoms with Gasteiger partial charge in [-0.3, -0.25) is 9.48 Å². The van der Waals surface area contributed by atoms with E-state index in [1.807, 2.05) is 67.2 Å². The molecular formula is C23H29N7O2. The summed E-state index contributed by atoms with van der Waals surface area (Å²) in [6.07, 6.45) is 0. The van der Waals surface area contributed by atoms with Gasteiger partial charge in [-0.15, -0.1) is 0 Å². The average molecular weight is 436 g/mol. The Kier molecular flexibility index (Phi) is 5.98. The molecule has 1 aromatic carbocycles. The molecule has 0 radical (unpaired) electrons. The van der Waals surface area contributed by atoms with Gasteiger partial charge in [0, 0.05) is 64.6 Å². The minimum atomic E-state index is -0.0204. The lowest BCUT2D eigenvalue weighted by molar-refractivity contribution is 0.0735. The fourth-order valence-corrected chi connectivity index (χ4v) is 3.77. The van der Waals surface area contributed by atoms with Gasteiger partial charge in [0.1, 0.15) is 17.3 Å². The largest absolute Gasteiger partial charge is 0.497 e. The number of methoxy groups -OCH3 is 1. The Labute approximate surface area is 188 Å². The van der Waals surface area contributed by atoms with Crippen molar-refractivity contribution in [2.75, 3.05) is 57.2 Å². The maximum atomic E-state index is 13.2. The quantitative estimate of drug-likeness (QED) is 0.608. The van der Waals surface area contributed by atoms with Crippen molar-refractivity contribution in [3.05, 3.63) is 47.8 Å². The minimum Gasteiger partial charge on any atom is -0.497 e. The highest BCUT2D eigenvalue weighted by molar-refractivity contribution is 5.94. The van der Waals surface area contributed by atoms with Gasteiger partial charge in [-0.2, -0.15) is 10.1 Å². The predicted molar refractivity (Wildman–Crippen MR) is 124 cm³/mol. The second-order valence-corrected chi connectivity index (χ2v) is 8.11. The minimum absolute atomic E-state index is 0.0204. The van der Waals surface area contributed by atoms with Crippen molar-refractivity contribution in [3.8, 4) is 17.0 Å². The molecule has 0 N–H and O–H groups in total. The van der Waals surface area contributed by atoms with Gasteiger partial charge >= 0.3 is 0 Å². The lowest BCUT2D eigenvalue weighted by atomic mass is 10.1. The molecule has 9 nitrogen and oxygen atoms in total. The molecule has 0 spiro atoms. The standard InChI is InChI=1S/C23H29N7O2/c1-16-13-21(27(2)3)25-23(24-16)30-11-9-29(10-12-30)22(31)20-15-19(26-28(20)4)17-7-6-8-18(14-17)32-5/h6-8,13-15H,9-12H2,1-5H3. The monoisotopic (exact) mass is 435 g/mol. The molecule has 1 fully saturated rings. The number of ether oxygens (including phenoxy) is 1. The third-order valence-electron chi connectivity index (χ3n) is 5.60. The van der Waals surface area contributed by atoms with Crippen LogP contribution in [0.2, 0.25) is 0 Å². The normalized spacial score (nSPS) is 13.9. The molecule has 1 aliphatic rings. The first-order valence-corrected chi connectivity index (χ1v) is 10.6. The number of piperazine rings is 1. The van der Waals surface area contributed by atoms with E-state index in [9.17, 15) is 4.79 Å². The average Bonchev–Trinajstić information content (AvgIpc) is 3.20. The van der Waals surface area contributed by atoms with E-state index >= 15 is 0 Å². The number of aryl methyl sites for hydroxylation is 2. The number of aromatic nitrogens is 4. The van der Waals surface area contributed by atoms with Crippen LogP contribution in [0.5, 0.6) is 5.75 Å². The third kappa shape index (κ3) is 4.37. The Morgan fingerprint density at radius 1 is 1.06 bits per heavy atom. The van der Waals surface area contributed by atoms with E-state index in [0.717, 1.165) is 28.5 Å². The Bertz CT molecular complexity index is 1120. The molecule has 3 heterocycles. The molecule has 1 saturated heterocycles. The van der Waals surface area contributed by atoms with Gasteiger partial charge in [0.25, 0.3) is 5.91 Å². The summed E-state index contributed by atoms with van der Waals surface area (Å²) in [6.45, 7) is 4.55. The highest BCUT2D eigenvalue weighted by Gasteiger charge is 2.26. The second kappa shape index (κ2) is 8.86. The van der Waals surface area contributed by atoms with Crippen molar-refractivity contribution >= 4 is 17.7 Å². The summed E-state index contributed by atoms with van der Waals surface area (Å²) in [5.74, 6) is 2.33. The van der Waals surface area contributed by atoms with Gasteiger partial charge in [0.05, 0.1) is 12.8 Å². The number of hydrogen-bond acceptors (Lipinski definition) is 7. The Morgan fingerprint density at radius 3 is 2.50 bits per heavy atom. The van der Waals surface area contributed by atoms with Crippen LogP contribution in [0.1, 0.15) is 16.2 Å². The fraction of sp³-hybridized carbons (Fsp3) is 0.391. The zero-order valence-electron chi connectivity index (χ0n) is 19.2. The van der Waals surface area contributed by atoms with E-state index in [-0.39, 0.29) is 5.91 Å². The molecule has 0 bridgehead atoms. The van der Waals surface area contributed by atoms with Crippen LogP contribution in [0.3, 0.4) is 0 Å². The van der Waals surface area contributed by atoms with Crippen molar-refractivity contribution in [3.63, 3.8) is 0 Å². The molecule has 2 aromatic heterocycles. The Hall–Kier alpha value is -3.62. The summed E-state index contributed by atoms with van der Waals surface area (Å²) in [5, 5.41) is 4.55. The highest BCUT2D eigenvalue weighted by Crippen LogP contribution is 2.24. The van der Waals surface area contributed by atoms with Crippen molar-refractivity contribution in [2.45, 2.75) is 6.92 Å². The van der Waals surface area contributed by atoms with Crippen LogP contribution < -0.4 is 14.5 Å². The molecule has 0 atom stereocenters. The molecule has 3 aromatic rings. The Balaban J connectivity index is 1.47.